The molecular weight excluding hydrogens is 437 g/mol. The summed E-state index contributed by atoms with van der Waals surface area (Å²) in [5.41, 5.74) is 2.72. The van der Waals surface area contributed by atoms with Crippen LogP contribution in [0.2, 0.25) is 0 Å². The average Bonchev–Trinajstić information content (AvgIpc) is 3.02. The van der Waals surface area contributed by atoms with E-state index in [0.29, 0.717) is 10.9 Å². The summed E-state index contributed by atoms with van der Waals surface area (Å²) in [6, 6.07) is 17.7. The zero-order valence-electron chi connectivity index (χ0n) is 15.4. The molecule has 0 aliphatic carbocycles. The number of nitrogens with one attached hydrogen (secondary N) is 1. The lowest BCUT2D eigenvalue weighted by molar-refractivity contribution is -0.125. The van der Waals surface area contributed by atoms with Crippen LogP contribution in [0.4, 0.5) is 0 Å². The molecule has 1 amide bonds. The van der Waals surface area contributed by atoms with E-state index in [1.165, 1.54) is 11.8 Å². The summed E-state index contributed by atoms with van der Waals surface area (Å²) in [6.45, 7) is 3.59. The molecule has 2 aromatic carbocycles. The lowest BCUT2D eigenvalue weighted by atomic mass is 10.2. The molecule has 148 valence electrons. The Morgan fingerprint density at radius 1 is 1.11 bits per heavy atom. The summed E-state index contributed by atoms with van der Waals surface area (Å²) in [6.07, 6.45) is -0.891. The van der Waals surface area contributed by atoms with Gasteiger partial charge in [-0.3, -0.25) is 9.36 Å². The Hall–Kier alpha value is -1.40. The number of nitrogens with zero attached hydrogens (tertiary/aromatic N) is 2. The maximum Gasteiger partial charge on any atom is 0.229 e. The number of thioether (sulfide) groups is 1. The minimum absolute atomic E-state index is 0.201. The zero-order chi connectivity index (χ0) is 20.3. The lowest BCUT2D eigenvalue weighted by Crippen LogP contribution is -2.42. The number of hydrogen-bond donors (Lipinski definition) is 1. The molecule has 0 aliphatic rings. The van der Waals surface area contributed by atoms with Crippen molar-refractivity contribution in [2.24, 2.45) is 5.92 Å². The standard InChI is InChI=1S/C20H20Cl3N3OS/c1-13(2)17(27)25-18(20(21,22)23)26-16-11-7-6-10-15(16)24-19(26)28-12-14-8-4-3-5-9-14/h3-11,13,18H,12H2,1-2H3,(H,25,27). The van der Waals surface area contributed by atoms with Crippen LogP contribution < -0.4 is 5.32 Å². The first-order chi connectivity index (χ1) is 13.3. The van der Waals surface area contributed by atoms with E-state index in [4.69, 9.17) is 39.8 Å². The van der Waals surface area contributed by atoms with Crippen molar-refractivity contribution in [3.05, 3.63) is 60.2 Å². The van der Waals surface area contributed by atoms with Gasteiger partial charge in [0, 0.05) is 11.7 Å². The number of benzene rings is 2. The number of fused-ring (bicyclic) bond motifs is 1. The predicted octanol–water partition coefficient (Wildman–Crippen LogP) is 5.97. The van der Waals surface area contributed by atoms with Gasteiger partial charge in [0.25, 0.3) is 0 Å². The fraction of sp³-hybridized carbons (Fsp3) is 0.300. The summed E-state index contributed by atoms with van der Waals surface area (Å²) in [5, 5.41) is 3.54. The van der Waals surface area contributed by atoms with E-state index in [-0.39, 0.29) is 11.8 Å². The normalized spacial score (nSPS) is 13.1. The minimum Gasteiger partial charge on any atom is -0.332 e. The Balaban J connectivity index is 2.04. The van der Waals surface area contributed by atoms with Gasteiger partial charge < -0.3 is 5.32 Å². The van der Waals surface area contributed by atoms with Crippen molar-refractivity contribution in [2.75, 3.05) is 0 Å². The largest absolute Gasteiger partial charge is 0.332 e. The molecule has 1 aromatic heterocycles. The fourth-order valence-electron chi connectivity index (χ4n) is 2.69. The molecule has 0 bridgehead atoms. The smallest absolute Gasteiger partial charge is 0.229 e. The molecule has 1 unspecified atom stereocenters. The van der Waals surface area contributed by atoms with E-state index in [0.717, 1.165) is 16.6 Å². The van der Waals surface area contributed by atoms with Gasteiger partial charge in [-0.15, -0.1) is 0 Å². The predicted molar refractivity (Wildman–Crippen MR) is 118 cm³/mol. The molecule has 0 aliphatic heterocycles. The van der Waals surface area contributed by atoms with Gasteiger partial charge in [0.05, 0.1) is 11.0 Å². The molecule has 0 radical (unpaired) electrons. The molecule has 3 aromatic rings. The average molecular weight is 457 g/mol. The third kappa shape index (κ3) is 4.95. The summed E-state index contributed by atoms with van der Waals surface area (Å²) >= 11 is 20.4. The van der Waals surface area contributed by atoms with Gasteiger partial charge in [-0.05, 0) is 17.7 Å². The monoisotopic (exact) mass is 455 g/mol. The first-order valence-electron chi connectivity index (χ1n) is 8.78. The molecule has 0 fully saturated rings. The van der Waals surface area contributed by atoms with Gasteiger partial charge in [0.1, 0.15) is 0 Å². The zero-order valence-corrected chi connectivity index (χ0v) is 18.5. The number of halogens is 3. The molecule has 0 saturated heterocycles. The van der Waals surface area contributed by atoms with Crippen LogP contribution in [0.15, 0.2) is 59.8 Å². The number of hydrogen-bond acceptors (Lipinski definition) is 3. The van der Waals surface area contributed by atoms with Crippen LogP contribution >= 0.6 is 46.6 Å². The van der Waals surface area contributed by atoms with Crippen molar-refractivity contribution >= 4 is 63.5 Å². The van der Waals surface area contributed by atoms with E-state index in [2.05, 4.69) is 5.32 Å². The van der Waals surface area contributed by atoms with Crippen molar-refractivity contribution < 1.29 is 4.79 Å². The number of amides is 1. The van der Waals surface area contributed by atoms with Crippen molar-refractivity contribution in [3.8, 4) is 0 Å². The van der Waals surface area contributed by atoms with Gasteiger partial charge in [-0.2, -0.15) is 0 Å². The van der Waals surface area contributed by atoms with E-state index in [1.807, 2.05) is 54.6 Å². The third-order valence-electron chi connectivity index (χ3n) is 4.15. The molecule has 1 N–H and O–H groups in total. The lowest BCUT2D eigenvalue weighted by Gasteiger charge is -2.29. The van der Waals surface area contributed by atoms with Crippen LogP contribution in [0.25, 0.3) is 11.0 Å². The van der Waals surface area contributed by atoms with Gasteiger partial charge in [0.15, 0.2) is 11.3 Å². The SMILES string of the molecule is CC(C)C(=O)NC(n1c(SCc2ccccc2)nc2ccccc21)C(Cl)(Cl)Cl. The van der Waals surface area contributed by atoms with Crippen LogP contribution in [-0.2, 0) is 10.5 Å². The number of carbonyl (C=O) groups is 1. The van der Waals surface area contributed by atoms with Crippen LogP contribution in [-0.4, -0.2) is 19.3 Å². The van der Waals surface area contributed by atoms with Gasteiger partial charge in [0.2, 0.25) is 9.70 Å². The van der Waals surface area contributed by atoms with E-state index >= 15 is 0 Å². The second-order valence-electron chi connectivity index (χ2n) is 6.63. The second kappa shape index (κ2) is 8.95. The van der Waals surface area contributed by atoms with E-state index in [9.17, 15) is 4.79 Å². The van der Waals surface area contributed by atoms with Crippen molar-refractivity contribution in [2.45, 2.75) is 34.7 Å². The minimum atomic E-state index is -1.75. The summed E-state index contributed by atoms with van der Waals surface area (Å²) in [4.78, 5) is 17.1. The highest BCUT2D eigenvalue weighted by Crippen LogP contribution is 2.41. The quantitative estimate of drug-likeness (QED) is 0.367. The molecule has 1 atom stereocenters. The first-order valence-corrected chi connectivity index (χ1v) is 10.9. The van der Waals surface area contributed by atoms with Crippen LogP contribution in [0.5, 0.6) is 0 Å². The number of alkyl halides is 3. The van der Waals surface area contributed by atoms with Gasteiger partial charge in [-0.25, -0.2) is 4.98 Å². The molecule has 0 saturated carbocycles. The van der Waals surface area contributed by atoms with Crippen LogP contribution in [0.1, 0.15) is 25.6 Å². The molecular formula is C20H20Cl3N3OS. The Kier molecular flexibility index (Phi) is 6.81. The summed E-state index contributed by atoms with van der Waals surface area (Å²) < 4.78 is 0.0479. The topological polar surface area (TPSA) is 46.9 Å². The van der Waals surface area contributed by atoms with Crippen molar-refractivity contribution in [1.82, 2.24) is 14.9 Å². The Labute approximate surface area is 183 Å². The molecule has 0 spiro atoms. The van der Waals surface area contributed by atoms with Gasteiger partial charge >= 0.3 is 0 Å². The van der Waals surface area contributed by atoms with E-state index < -0.39 is 9.96 Å². The Morgan fingerprint density at radius 2 is 1.75 bits per heavy atom. The summed E-state index contributed by atoms with van der Waals surface area (Å²) in [5.74, 6) is 0.257. The fourth-order valence-corrected chi connectivity index (χ4v) is 4.14. The highest BCUT2D eigenvalue weighted by atomic mass is 35.6. The molecule has 4 nitrogen and oxygen atoms in total. The Bertz CT molecular complexity index is 954. The molecule has 1 heterocycles. The highest BCUT2D eigenvalue weighted by molar-refractivity contribution is 7.98. The maximum absolute atomic E-state index is 12.4. The number of aromatic nitrogens is 2. The molecule has 8 heteroatoms. The maximum atomic E-state index is 12.4. The molecule has 3 rings (SSSR count). The van der Waals surface area contributed by atoms with Crippen LogP contribution in [0.3, 0.4) is 0 Å². The van der Waals surface area contributed by atoms with Crippen molar-refractivity contribution in [1.29, 1.82) is 0 Å². The molecule has 28 heavy (non-hydrogen) atoms. The van der Waals surface area contributed by atoms with Crippen LogP contribution in [0, 0.1) is 5.92 Å². The number of rotatable bonds is 6. The Morgan fingerprint density at radius 3 is 2.39 bits per heavy atom. The first kappa shape index (κ1) is 21.3. The highest BCUT2D eigenvalue weighted by Gasteiger charge is 2.38. The van der Waals surface area contributed by atoms with Crippen molar-refractivity contribution in [3.63, 3.8) is 0 Å². The number of imidazole rings is 1. The third-order valence-corrected chi connectivity index (χ3v) is 5.79. The number of para-hydroxylation sites is 2. The van der Waals surface area contributed by atoms with Gasteiger partial charge in [-0.1, -0.05) is 103 Å². The van der Waals surface area contributed by atoms with E-state index in [1.54, 1.807) is 18.4 Å². The number of carbonyl (C=O) groups excluding carboxylic acids is 1. The second-order valence-corrected chi connectivity index (χ2v) is 9.95. The summed E-state index contributed by atoms with van der Waals surface area (Å²) in [7, 11) is 0.